The zero-order valence-electron chi connectivity index (χ0n) is 11.4. The van der Waals surface area contributed by atoms with Gasteiger partial charge < -0.3 is 5.32 Å². The van der Waals surface area contributed by atoms with Crippen molar-refractivity contribution in [2.45, 2.75) is 26.3 Å². The molecule has 0 fully saturated rings. The molecule has 0 radical (unpaired) electrons. The molecule has 0 saturated heterocycles. The average molecular weight is 324 g/mol. The van der Waals surface area contributed by atoms with Crippen LogP contribution >= 0.6 is 15.9 Å². The molecule has 0 aliphatic carbocycles. The van der Waals surface area contributed by atoms with E-state index in [0.29, 0.717) is 0 Å². The minimum absolute atomic E-state index is 0.143. The minimum atomic E-state index is 0.143. The number of aromatic nitrogens is 4. The minimum Gasteiger partial charge on any atom is -0.309 e. The predicted molar refractivity (Wildman–Crippen MR) is 77.8 cm³/mol. The van der Waals surface area contributed by atoms with E-state index in [9.17, 15) is 0 Å². The van der Waals surface area contributed by atoms with Crippen LogP contribution in [0.4, 0.5) is 0 Å². The van der Waals surface area contributed by atoms with E-state index >= 15 is 0 Å². The van der Waals surface area contributed by atoms with Gasteiger partial charge in [-0.2, -0.15) is 5.10 Å². The summed E-state index contributed by atoms with van der Waals surface area (Å²) in [5, 5.41) is 7.87. The normalized spacial score (nSPS) is 12.6. The third-order valence-electron chi connectivity index (χ3n) is 3.05. The maximum Gasteiger partial charge on any atom is 0.0760 e. The Kier molecular flexibility index (Phi) is 4.66. The smallest absolute Gasteiger partial charge is 0.0760 e. The average Bonchev–Trinajstić information content (AvgIpc) is 2.65. The maximum absolute atomic E-state index is 4.42. The van der Waals surface area contributed by atoms with Gasteiger partial charge in [0.15, 0.2) is 0 Å². The molecule has 0 aliphatic heterocycles. The Morgan fingerprint density at radius 2 is 2.21 bits per heavy atom. The molecule has 2 heterocycles. The van der Waals surface area contributed by atoms with Crippen molar-refractivity contribution in [3.05, 3.63) is 40.1 Å². The summed E-state index contributed by atoms with van der Waals surface area (Å²) in [6.07, 6.45) is 6.05. The number of nitrogens with zero attached hydrogens (tertiary/aromatic N) is 4. The molecule has 1 unspecified atom stereocenters. The highest BCUT2D eigenvalue weighted by Crippen LogP contribution is 2.25. The van der Waals surface area contributed by atoms with E-state index in [4.69, 9.17) is 0 Å². The molecule has 0 aromatic carbocycles. The van der Waals surface area contributed by atoms with Crippen molar-refractivity contribution in [3.63, 3.8) is 0 Å². The van der Waals surface area contributed by atoms with Gasteiger partial charge >= 0.3 is 0 Å². The summed E-state index contributed by atoms with van der Waals surface area (Å²) in [6.45, 7) is 4.97. The summed E-state index contributed by atoms with van der Waals surface area (Å²) in [5.74, 6) is 0. The van der Waals surface area contributed by atoms with Gasteiger partial charge in [0.05, 0.1) is 27.6 Å². The summed E-state index contributed by atoms with van der Waals surface area (Å²) < 4.78 is 2.99. The molecule has 19 heavy (non-hydrogen) atoms. The third-order valence-corrected chi connectivity index (χ3v) is 4.08. The van der Waals surface area contributed by atoms with Crippen LogP contribution in [-0.2, 0) is 13.5 Å². The first-order valence-electron chi connectivity index (χ1n) is 6.30. The van der Waals surface area contributed by atoms with Crippen LogP contribution in [0.5, 0.6) is 0 Å². The lowest BCUT2D eigenvalue weighted by Crippen LogP contribution is -2.25. The quantitative estimate of drug-likeness (QED) is 0.916. The van der Waals surface area contributed by atoms with Gasteiger partial charge in [-0.3, -0.25) is 14.6 Å². The number of aryl methyl sites for hydroxylation is 2. The molecule has 2 aromatic rings. The zero-order chi connectivity index (χ0) is 13.8. The van der Waals surface area contributed by atoms with Crippen molar-refractivity contribution < 1.29 is 0 Å². The first-order chi connectivity index (χ1) is 9.13. The van der Waals surface area contributed by atoms with Gasteiger partial charge in [0.2, 0.25) is 0 Å². The highest BCUT2D eigenvalue weighted by Gasteiger charge is 2.18. The number of nitrogens with one attached hydrogen (secondary N) is 1. The maximum atomic E-state index is 4.42. The molecule has 5 nitrogen and oxygen atoms in total. The highest BCUT2D eigenvalue weighted by atomic mass is 79.9. The van der Waals surface area contributed by atoms with Crippen LogP contribution in [0, 0.1) is 6.92 Å². The van der Waals surface area contributed by atoms with E-state index in [1.165, 1.54) is 0 Å². The summed E-state index contributed by atoms with van der Waals surface area (Å²) in [6, 6.07) is 0.143. The van der Waals surface area contributed by atoms with Gasteiger partial charge in [0, 0.05) is 32.1 Å². The van der Waals surface area contributed by atoms with Crippen molar-refractivity contribution in [3.8, 4) is 0 Å². The Morgan fingerprint density at radius 3 is 2.74 bits per heavy atom. The van der Waals surface area contributed by atoms with Gasteiger partial charge in [-0.25, -0.2) is 0 Å². The van der Waals surface area contributed by atoms with Crippen molar-refractivity contribution in [2.24, 2.45) is 7.05 Å². The Morgan fingerprint density at radius 1 is 1.42 bits per heavy atom. The van der Waals surface area contributed by atoms with Crippen LogP contribution in [0.15, 0.2) is 23.1 Å². The molecular formula is C13H18BrN5. The van der Waals surface area contributed by atoms with E-state index in [1.54, 1.807) is 12.4 Å². The lowest BCUT2D eigenvalue weighted by molar-refractivity contribution is 0.515. The second-order valence-electron chi connectivity index (χ2n) is 4.41. The molecule has 2 rings (SSSR count). The Bertz CT molecular complexity index is 537. The molecule has 2 aromatic heterocycles. The molecule has 1 atom stereocenters. The fourth-order valence-electron chi connectivity index (χ4n) is 2.11. The van der Waals surface area contributed by atoms with Crippen molar-refractivity contribution >= 4 is 15.9 Å². The molecule has 0 bridgehead atoms. The highest BCUT2D eigenvalue weighted by molar-refractivity contribution is 9.10. The van der Waals surface area contributed by atoms with Crippen LogP contribution in [0.1, 0.15) is 30.0 Å². The SMILES string of the molecule is CCNC(Cc1c(Br)c(C)nn1C)c1cnccn1. The topological polar surface area (TPSA) is 55.6 Å². The lowest BCUT2D eigenvalue weighted by Gasteiger charge is -2.17. The molecule has 0 amide bonds. The van der Waals surface area contributed by atoms with Crippen molar-refractivity contribution in [2.75, 3.05) is 6.54 Å². The summed E-state index contributed by atoms with van der Waals surface area (Å²) in [5.41, 5.74) is 3.12. The van der Waals surface area contributed by atoms with Crippen LogP contribution in [-0.4, -0.2) is 26.3 Å². The number of hydrogen-bond acceptors (Lipinski definition) is 4. The molecular weight excluding hydrogens is 306 g/mol. The van der Waals surface area contributed by atoms with E-state index in [2.05, 4.69) is 43.2 Å². The van der Waals surface area contributed by atoms with Gasteiger partial charge in [0.1, 0.15) is 0 Å². The third kappa shape index (κ3) is 3.19. The summed E-state index contributed by atoms with van der Waals surface area (Å²) in [4.78, 5) is 8.53. The standard InChI is InChI=1S/C13H18BrN5/c1-4-16-10(11-8-15-5-6-17-11)7-12-13(14)9(2)18-19(12)3/h5-6,8,10,16H,4,7H2,1-3H3. The monoisotopic (exact) mass is 323 g/mol. The first-order valence-corrected chi connectivity index (χ1v) is 7.10. The van der Waals surface area contributed by atoms with Crippen molar-refractivity contribution in [1.82, 2.24) is 25.1 Å². The Balaban J connectivity index is 2.26. The van der Waals surface area contributed by atoms with E-state index in [0.717, 1.165) is 34.5 Å². The van der Waals surface area contributed by atoms with E-state index in [-0.39, 0.29) is 6.04 Å². The number of halogens is 1. The van der Waals surface area contributed by atoms with Gasteiger partial charge in [0.25, 0.3) is 0 Å². The molecule has 0 saturated carbocycles. The zero-order valence-corrected chi connectivity index (χ0v) is 13.0. The largest absolute Gasteiger partial charge is 0.309 e. The van der Waals surface area contributed by atoms with Crippen molar-refractivity contribution in [1.29, 1.82) is 0 Å². The molecule has 102 valence electrons. The van der Waals surface area contributed by atoms with Crippen LogP contribution in [0.25, 0.3) is 0 Å². The predicted octanol–water partition coefficient (Wildman–Crippen LogP) is 2.17. The lowest BCUT2D eigenvalue weighted by atomic mass is 10.1. The van der Waals surface area contributed by atoms with E-state index < -0.39 is 0 Å². The Labute approximate surface area is 121 Å². The summed E-state index contributed by atoms with van der Waals surface area (Å²) in [7, 11) is 1.97. The fraction of sp³-hybridized carbons (Fsp3) is 0.462. The second kappa shape index (κ2) is 6.25. The fourth-order valence-corrected chi connectivity index (χ4v) is 2.61. The van der Waals surface area contributed by atoms with Gasteiger partial charge in [-0.15, -0.1) is 0 Å². The number of hydrogen-bond donors (Lipinski definition) is 1. The van der Waals surface area contributed by atoms with Gasteiger partial charge in [-0.05, 0) is 29.4 Å². The Hall–Kier alpha value is -1.27. The molecule has 6 heteroatoms. The van der Waals surface area contributed by atoms with Crippen LogP contribution in [0.2, 0.25) is 0 Å². The molecule has 1 N–H and O–H groups in total. The first kappa shape index (κ1) is 14.1. The summed E-state index contributed by atoms with van der Waals surface area (Å²) >= 11 is 3.61. The second-order valence-corrected chi connectivity index (χ2v) is 5.21. The van der Waals surface area contributed by atoms with Crippen LogP contribution in [0.3, 0.4) is 0 Å². The molecule has 0 spiro atoms. The van der Waals surface area contributed by atoms with E-state index in [1.807, 2.05) is 24.9 Å². The van der Waals surface area contributed by atoms with Gasteiger partial charge in [-0.1, -0.05) is 6.92 Å². The number of rotatable bonds is 5. The number of likely N-dealkylation sites (N-methyl/N-ethyl adjacent to an activating group) is 1. The molecule has 0 aliphatic rings. The van der Waals surface area contributed by atoms with Crippen LogP contribution < -0.4 is 5.32 Å².